The van der Waals surface area contributed by atoms with Gasteiger partial charge in [0.1, 0.15) is 16.7 Å². The molecule has 1 aliphatic carbocycles. The molecule has 8 aromatic carbocycles. The molecule has 54 heavy (non-hydrogen) atoms. The summed E-state index contributed by atoms with van der Waals surface area (Å²) in [5.74, 6) is 0. The minimum atomic E-state index is -0.192. The van der Waals surface area contributed by atoms with Gasteiger partial charge in [-0.15, -0.1) is 0 Å². The number of para-hydroxylation sites is 3. The second-order valence-corrected chi connectivity index (χ2v) is 14.9. The summed E-state index contributed by atoms with van der Waals surface area (Å²) < 4.78 is 12.8. The first-order chi connectivity index (χ1) is 26.5. The molecule has 3 heteroatoms. The van der Waals surface area contributed by atoms with Crippen molar-refractivity contribution < 1.29 is 8.83 Å². The van der Waals surface area contributed by atoms with Crippen LogP contribution in [-0.2, 0) is 5.41 Å². The fourth-order valence-electron chi connectivity index (χ4n) is 8.72. The zero-order valence-electron chi connectivity index (χ0n) is 30.0. The topological polar surface area (TPSA) is 29.5 Å². The molecule has 1 aliphatic rings. The van der Waals surface area contributed by atoms with Crippen molar-refractivity contribution in [1.82, 2.24) is 0 Å². The van der Waals surface area contributed by atoms with Gasteiger partial charge in [-0.2, -0.15) is 0 Å². The Kier molecular flexibility index (Phi) is 6.60. The van der Waals surface area contributed by atoms with Crippen molar-refractivity contribution in [3.05, 3.63) is 187 Å². The second kappa shape index (κ2) is 11.6. The summed E-state index contributed by atoms with van der Waals surface area (Å²) >= 11 is 0. The third kappa shape index (κ3) is 4.61. The lowest BCUT2D eigenvalue weighted by atomic mass is 9.81. The maximum atomic E-state index is 6.66. The van der Waals surface area contributed by atoms with Crippen LogP contribution in [0.4, 0.5) is 17.1 Å². The second-order valence-electron chi connectivity index (χ2n) is 14.9. The summed E-state index contributed by atoms with van der Waals surface area (Å²) in [7, 11) is 0. The lowest BCUT2D eigenvalue weighted by molar-refractivity contribution is 0.660. The van der Waals surface area contributed by atoms with E-state index in [1.54, 1.807) is 0 Å². The first kappa shape index (κ1) is 30.8. The maximum Gasteiger partial charge on any atom is 0.159 e. The van der Waals surface area contributed by atoms with E-state index in [-0.39, 0.29) is 5.41 Å². The van der Waals surface area contributed by atoms with Gasteiger partial charge in [-0.25, -0.2) is 0 Å². The number of nitrogens with zero attached hydrogens (tertiary/aromatic N) is 1. The average Bonchev–Trinajstić information content (AvgIpc) is 3.86. The van der Waals surface area contributed by atoms with Gasteiger partial charge >= 0.3 is 0 Å². The third-order valence-electron chi connectivity index (χ3n) is 11.5. The molecule has 0 amide bonds. The lowest BCUT2D eigenvalue weighted by Gasteiger charge is -2.28. The maximum absolute atomic E-state index is 6.66. The van der Waals surface area contributed by atoms with Crippen molar-refractivity contribution in [3.8, 4) is 33.4 Å². The number of benzene rings is 8. The summed E-state index contributed by atoms with van der Waals surface area (Å²) in [6, 6.07) is 63.0. The summed E-state index contributed by atoms with van der Waals surface area (Å²) in [5.41, 5.74) is 16.6. The number of hydrogen-bond donors (Lipinski definition) is 0. The first-order valence-corrected chi connectivity index (χ1v) is 18.6. The number of furan rings is 2. The van der Waals surface area contributed by atoms with Crippen LogP contribution in [0.25, 0.3) is 77.3 Å². The normalized spacial score (nSPS) is 13.1. The van der Waals surface area contributed by atoms with E-state index >= 15 is 0 Å². The molecule has 0 aliphatic heterocycles. The number of anilines is 3. The molecule has 3 nitrogen and oxygen atoms in total. The van der Waals surface area contributed by atoms with Gasteiger partial charge in [-0.3, -0.25) is 0 Å². The minimum absolute atomic E-state index is 0.192. The largest absolute Gasteiger partial charge is 0.456 e. The van der Waals surface area contributed by atoms with E-state index in [9.17, 15) is 0 Å². The Labute approximate surface area is 313 Å². The molecule has 0 N–H and O–H groups in total. The Bertz CT molecular complexity index is 3070. The van der Waals surface area contributed by atoms with E-state index in [0.717, 1.165) is 72.1 Å². The molecular formula is C51H35NO2. The standard InChI is InChI=1S/C51H35NO2/c1-51(2)44-30-35(32-11-4-3-5-12-32)21-26-38(44)39-27-25-37(31-45(39)51)52(46-16-10-15-42-40-13-6-9-18-48(40)54-50(42)46)36-23-19-33(20-24-36)34-22-28-49-43(29-34)41-14-7-8-17-47(41)53-49/h3-31H,1-2H3. The van der Waals surface area contributed by atoms with Crippen LogP contribution in [-0.4, -0.2) is 0 Å². The minimum Gasteiger partial charge on any atom is -0.456 e. The molecule has 0 saturated carbocycles. The summed E-state index contributed by atoms with van der Waals surface area (Å²) in [6.07, 6.45) is 0. The van der Waals surface area contributed by atoms with Crippen molar-refractivity contribution in [2.24, 2.45) is 0 Å². The molecule has 10 aromatic rings. The summed E-state index contributed by atoms with van der Waals surface area (Å²) in [5, 5.41) is 4.48. The van der Waals surface area contributed by atoms with Gasteiger partial charge in [0.2, 0.25) is 0 Å². The molecule has 0 unspecified atom stereocenters. The monoisotopic (exact) mass is 693 g/mol. The molecular weight excluding hydrogens is 659 g/mol. The van der Waals surface area contributed by atoms with Crippen molar-refractivity contribution in [1.29, 1.82) is 0 Å². The predicted molar refractivity (Wildman–Crippen MR) is 224 cm³/mol. The van der Waals surface area contributed by atoms with Crippen LogP contribution in [0.5, 0.6) is 0 Å². The Morgan fingerprint density at radius 2 is 0.944 bits per heavy atom. The molecule has 256 valence electrons. The van der Waals surface area contributed by atoms with Gasteiger partial charge in [0.05, 0.1) is 5.69 Å². The SMILES string of the molecule is CC1(C)c2cc(-c3ccccc3)ccc2-c2ccc(N(c3ccc(-c4ccc5oc6ccccc6c5c4)cc3)c3cccc4c3oc3ccccc34)cc21. The highest BCUT2D eigenvalue weighted by molar-refractivity contribution is 6.10. The highest BCUT2D eigenvalue weighted by atomic mass is 16.3. The van der Waals surface area contributed by atoms with Crippen LogP contribution in [0.2, 0.25) is 0 Å². The van der Waals surface area contributed by atoms with E-state index < -0.39 is 0 Å². The fourth-order valence-corrected chi connectivity index (χ4v) is 8.72. The van der Waals surface area contributed by atoms with E-state index in [4.69, 9.17) is 8.83 Å². The Hall–Kier alpha value is -6.84. The van der Waals surface area contributed by atoms with Crippen molar-refractivity contribution in [2.45, 2.75) is 19.3 Å². The van der Waals surface area contributed by atoms with Crippen LogP contribution in [0, 0.1) is 0 Å². The molecule has 0 spiro atoms. The molecule has 0 bridgehead atoms. The van der Waals surface area contributed by atoms with Crippen LogP contribution in [0.3, 0.4) is 0 Å². The number of hydrogen-bond acceptors (Lipinski definition) is 3. The van der Waals surface area contributed by atoms with E-state index in [2.05, 4.69) is 176 Å². The van der Waals surface area contributed by atoms with Gasteiger partial charge in [0.15, 0.2) is 5.58 Å². The van der Waals surface area contributed by atoms with Crippen LogP contribution in [0.15, 0.2) is 185 Å². The molecule has 11 rings (SSSR count). The predicted octanol–water partition coefficient (Wildman–Crippen LogP) is 14.6. The first-order valence-electron chi connectivity index (χ1n) is 18.6. The Balaban J connectivity index is 1.06. The molecule has 0 radical (unpaired) electrons. The van der Waals surface area contributed by atoms with Crippen LogP contribution in [0.1, 0.15) is 25.0 Å². The molecule has 0 fully saturated rings. The van der Waals surface area contributed by atoms with Crippen molar-refractivity contribution in [3.63, 3.8) is 0 Å². The highest BCUT2D eigenvalue weighted by Crippen LogP contribution is 2.52. The zero-order valence-corrected chi connectivity index (χ0v) is 30.0. The average molecular weight is 694 g/mol. The van der Waals surface area contributed by atoms with E-state index in [0.29, 0.717) is 0 Å². The summed E-state index contributed by atoms with van der Waals surface area (Å²) in [6.45, 7) is 4.71. The Morgan fingerprint density at radius 1 is 0.389 bits per heavy atom. The fraction of sp³-hybridized carbons (Fsp3) is 0.0588. The van der Waals surface area contributed by atoms with Gasteiger partial charge in [-0.1, -0.05) is 129 Å². The smallest absolute Gasteiger partial charge is 0.159 e. The molecule has 0 atom stereocenters. The highest BCUT2D eigenvalue weighted by Gasteiger charge is 2.36. The van der Waals surface area contributed by atoms with Crippen LogP contribution >= 0.6 is 0 Å². The Morgan fingerprint density at radius 3 is 1.74 bits per heavy atom. The molecule has 0 saturated heterocycles. The van der Waals surface area contributed by atoms with Gasteiger partial charge < -0.3 is 13.7 Å². The van der Waals surface area contributed by atoms with Crippen molar-refractivity contribution in [2.75, 3.05) is 4.90 Å². The lowest BCUT2D eigenvalue weighted by Crippen LogP contribution is -2.16. The van der Waals surface area contributed by atoms with E-state index in [1.807, 2.05) is 18.2 Å². The van der Waals surface area contributed by atoms with Gasteiger partial charge in [-0.05, 0) is 105 Å². The van der Waals surface area contributed by atoms with Gasteiger partial charge in [0.25, 0.3) is 0 Å². The zero-order chi connectivity index (χ0) is 36.0. The quantitative estimate of drug-likeness (QED) is 0.180. The van der Waals surface area contributed by atoms with E-state index in [1.165, 1.54) is 33.4 Å². The van der Waals surface area contributed by atoms with Crippen molar-refractivity contribution >= 4 is 60.9 Å². The molecule has 2 heterocycles. The number of rotatable bonds is 5. The van der Waals surface area contributed by atoms with Gasteiger partial charge in [0, 0.05) is 38.3 Å². The molecule has 2 aromatic heterocycles. The number of fused-ring (bicyclic) bond motifs is 9. The van der Waals surface area contributed by atoms with Crippen LogP contribution < -0.4 is 4.90 Å². The third-order valence-corrected chi connectivity index (χ3v) is 11.5. The summed E-state index contributed by atoms with van der Waals surface area (Å²) in [4.78, 5) is 2.36.